The van der Waals surface area contributed by atoms with Gasteiger partial charge in [-0.2, -0.15) is 0 Å². The number of nitrogens with zero attached hydrogens (tertiary/aromatic N) is 1. The van der Waals surface area contributed by atoms with Crippen molar-refractivity contribution < 1.29 is 9.84 Å². The summed E-state index contributed by atoms with van der Waals surface area (Å²) >= 11 is 0. The molecule has 0 bridgehead atoms. The normalized spacial score (nSPS) is 10.4. The number of aromatic nitrogens is 2. The van der Waals surface area contributed by atoms with Crippen molar-refractivity contribution in [1.82, 2.24) is 9.97 Å². The van der Waals surface area contributed by atoms with E-state index in [9.17, 15) is 0 Å². The van der Waals surface area contributed by atoms with E-state index in [1.54, 1.807) is 13.3 Å². The summed E-state index contributed by atoms with van der Waals surface area (Å²) in [7, 11) is 1.64. The van der Waals surface area contributed by atoms with E-state index in [1.807, 2.05) is 25.1 Å². The fourth-order valence-corrected chi connectivity index (χ4v) is 1.61. The molecule has 16 heavy (non-hydrogen) atoms. The second-order valence-electron chi connectivity index (χ2n) is 3.60. The molecule has 1 aromatic carbocycles. The van der Waals surface area contributed by atoms with Gasteiger partial charge in [-0.15, -0.1) is 0 Å². The zero-order chi connectivity index (χ0) is 11.5. The van der Waals surface area contributed by atoms with Crippen molar-refractivity contribution >= 4 is 0 Å². The molecule has 0 saturated heterocycles. The summed E-state index contributed by atoms with van der Waals surface area (Å²) in [5.74, 6) is 1.60. The van der Waals surface area contributed by atoms with E-state index >= 15 is 0 Å². The SMILES string of the molecule is COc1ccc(-c2ncc(CO)[nH]2)c(C)c1. The van der Waals surface area contributed by atoms with Gasteiger partial charge in [-0.25, -0.2) is 4.98 Å². The fourth-order valence-electron chi connectivity index (χ4n) is 1.61. The minimum absolute atomic E-state index is 0.0256. The Morgan fingerprint density at radius 3 is 2.81 bits per heavy atom. The molecular weight excluding hydrogens is 204 g/mol. The van der Waals surface area contributed by atoms with Crippen LogP contribution in [0.2, 0.25) is 0 Å². The van der Waals surface area contributed by atoms with Gasteiger partial charge >= 0.3 is 0 Å². The number of aromatic amines is 1. The van der Waals surface area contributed by atoms with Gasteiger partial charge in [0.2, 0.25) is 0 Å². The Kier molecular flexibility index (Phi) is 2.92. The minimum Gasteiger partial charge on any atom is -0.497 e. The Morgan fingerprint density at radius 1 is 1.44 bits per heavy atom. The first-order chi connectivity index (χ1) is 7.74. The zero-order valence-electron chi connectivity index (χ0n) is 9.32. The molecule has 0 spiro atoms. The van der Waals surface area contributed by atoms with E-state index in [4.69, 9.17) is 9.84 Å². The van der Waals surface area contributed by atoms with Crippen molar-refractivity contribution in [2.45, 2.75) is 13.5 Å². The molecule has 1 heterocycles. The molecule has 84 valence electrons. The van der Waals surface area contributed by atoms with Crippen molar-refractivity contribution in [3.63, 3.8) is 0 Å². The van der Waals surface area contributed by atoms with Gasteiger partial charge < -0.3 is 14.8 Å². The number of imidazole rings is 1. The second kappa shape index (κ2) is 4.37. The quantitative estimate of drug-likeness (QED) is 0.827. The molecule has 0 fully saturated rings. The first-order valence-corrected chi connectivity index (χ1v) is 5.04. The van der Waals surface area contributed by atoms with Crippen LogP contribution in [0.25, 0.3) is 11.4 Å². The lowest BCUT2D eigenvalue weighted by Gasteiger charge is -2.05. The first kappa shape index (κ1) is 10.7. The van der Waals surface area contributed by atoms with Crippen molar-refractivity contribution in [3.05, 3.63) is 35.7 Å². The number of nitrogens with one attached hydrogen (secondary N) is 1. The third kappa shape index (κ3) is 1.92. The summed E-state index contributed by atoms with van der Waals surface area (Å²) in [5.41, 5.74) is 2.81. The number of aliphatic hydroxyl groups excluding tert-OH is 1. The van der Waals surface area contributed by atoms with E-state index in [1.165, 1.54) is 0 Å². The van der Waals surface area contributed by atoms with Gasteiger partial charge in [-0.3, -0.25) is 0 Å². The van der Waals surface area contributed by atoms with Gasteiger partial charge in [0, 0.05) is 5.56 Å². The van der Waals surface area contributed by atoms with Crippen LogP contribution in [0, 0.1) is 6.92 Å². The lowest BCUT2D eigenvalue weighted by Crippen LogP contribution is -1.89. The fraction of sp³-hybridized carbons (Fsp3) is 0.250. The Hall–Kier alpha value is -1.81. The molecule has 0 aliphatic heterocycles. The van der Waals surface area contributed by atoms with Crippen molar-refractivity contribution in [3.8, 4) is 17.1 Å². The van der Waals surface area contributed by atoms with Crippen LogP contribution in [0.1, 0.15) is 11.3 Å². The number of hydrogen-bond donors (Lipinski definition) is 2. The highest BCUT2D eigenvalue weighted by Crippen LogP contribution is 2.24. The van der Waals surface area contributed by atoms with Gasteiger partial charge in [0.25, 0.3) is 0 Å². The molecule has 2 aromatic rings. The van der Waals surface area contributed by atoms with Crippen LogP contribution in [0.15, 0.2) is 24.4 Å². The predicted molar refractivity (Wildman–Crippen MR) is 61.2 cm³/mol. The molecule has 0 amide bonds. The lowest BCUT2D eigenvalue weighted by atomic mass is 10.1. The van der Waals surface area contributed by atoms with Crippen molar-refractivity contribution in [2.75, 3.05) is 7.11 Å². The summed E-state index contributed by atoms with van der Waals surface area (Å²) in [4.78, 5) is 7.27. The molecule has 0 radical (unpaired) electrons. The summed E-state index contributed by atoms with van der Waals surface area (Å²) < 4.78 is 5.14. The smallest absolute Gasteiger partial charge is 0.137 e. The van der Waals surface area contributed by atoms with Crippen LogP contribution in [-0.2, 0) is 6.61 Å². The number of ether oxygens (including phenoxy) is 1. The summed E-state index contributed by atoms with van der Waals surface area (Å²) in [6, 6.07) is 5.80. The number of aryl methyl sites for hydroxylation is 1. The first-order valence-electron chi connectivity index (χ1n) is 5.04. The minimum atomic E-state index is -0.0256. The molecule has 1 aromatic heterocycles. The number of methoxy groups -OCH3 is 1. The number of benzene rings is 1. The van der Waals surface area contributed by atoms with Crippen molar-refractivity contribution in [1.29, 1.82) is 0 Å². The van der Waals surface area contributed by atoms with E-state index in [0.717, 1.165) is 22.7 Å². The molecule has 2 rings (SSSR count). The number of aliphatic hydroxyl groups is 1. The van der Waals surface area contributed by atoms with Gasteiger partial charge in [0.1, 0.15) is 11.6 Å². The monoisotopic (exact) mass is 218 g/mol. The average molecular weight is 218 g/mol. The predicted octanol–water partition coefficient (Wildman–Crippen LogP) is 1.89. The third-order valence-electron chi connectivity index (χ3n) is 2.49. The maximum Gasteiger partial charge on any atom is 0.137 e. The largest absolute Gasteiger partial charge is 0.497 e. The highest BCUT2D eigenvalue weighted by Gasteiger charge is 2.06. The van der Waals surface area contributed by atoms with Gasteiger partial charge in [-0.05, 0) is 30.7 Å². The van der Waals surface area contributed by atoms with Crippen LogP contribution in [-0.4, -0.2) is 22.2 Å². The Labute approximate surface area is 93.9 Å². The van der Waals surface area contributed by atoms with Crippen LogP contribution in [0.4, 0.5) is 0 Å². The topological polar surface area (TPSA) is 58.1 Å². The van der Waals surface area contributed by atoms with Gasteiger partial charge in [0.05, 0.1) is 25.6 Å². The van der Waals surface area contributed by atoms with Crippen molar-refractivity contribution in [2.24, 2.45) is 0 Å². The van der Waals surface area contributed by atoms with Crippen LogP contribution in [0.5, 0.6) is 5.75 Å². The van der Waals surface area contributed by atoms with E-state index < -0.39 is 0 Å². The number of H-pyrrole nitrogens is 1. The van der Waals surface area contributed by atoms with E-state index in [-0.39, 0.29) is 6.61 Å². The molecule has 4 heteroatoms. The molecular formula is C12H14N2O2. The molecule has 0 aliphatic carbocycles. The van der Waals surface area contributed by atoms with Crippen LogP contribution < -0.4 is 4.74 Å². The molecule has 0 aliphatic rings. The molecule has 0 atom stereocenters. The number of hydrogen-bond acceptors (Lipinski definition) is 3. The maximum atomic E-state index is 8.96. The Morgan fingerprint density at radius 2 is 2.25 bits per heavy atom. The zero-order valence-corrected chi connectivity index (χ0v) is 9.32. The summed E-state index contributed by atoms with van der Waals surface area (Å²) in [6.45, 7) is 1.97. The standard InChI is InChI=1S/C12H14N2O2/c1-8-5-10(16-2)3-4-11(8)12-13-6-9(7-15)14-12/h3-6,15H,7H2,1-2H3,(H,13,14). The summed E-state index contributed by atoms with van der Waals surface area (Å²) in [6.07, 6.45) is 1.64. The molecule has 0 saturated carbocycles. The lowest BCUT2D eigenvalue weighted by molar-refractivity contribution is 0.277. The maximum absolute atomic E-state index is 8.96. The third-order valence-corrected chi connectivity index (χ3v) is 2.49. The van der Waals surface area contributed by atoms with Crippen LogP contribution >= 0.6 is 0 Å². The molecule has 2 N–H and O–H groups in total. The molecule has 0 unspecified atom stereocenters. The van der Waals surface area contributed by atoms with E-state index in [0.29, 0.717) is 5.69 Å². The summed E-state index contributed by atoms with van der Waals surface area (Å²) in [5, 5.41) is 8.96. The highest BCUT2D eigenvalue weighted by atomic mass is 16.5. The Balaban J connectivity index is 2.40. The van der Waals surface area contributed by atoms with Gasteiger partial charge in [0.15, 0.2) is 0 Å². The number of rotatable bonds is 3. The second-order valence-corrected chi connectivity index (χ2v) is 3.60. The van der Waals surface area contributed by atoms with Crippen LogP contribution in [0.3, 0.4) is 0 Å². The average Bonchev–Trinajstić information content (AvgIpc) is 2.77. The van der Waals surface area contributed by atoms with Gasteiger partial charge in [-0.1, -0.05) is 0 Å². The Bertz CT molecular complexity index is 492. The highest BCUT2D eigenvalue weighted by molar-refractivity contribution is 5.61. The molecule has 4 nitrogen and oxygen atoms in total. The van der Waals surface area contributed by atoms with E-state index in [2.05, 4.69) is 9.97 Å².